The summed E-state index contributed by atoms with van der Waals surface area (Å²) in [5.41, 5.74) is 1.54. The maximum absolute atomic E-state index is 12.3. The van der Waals surface area contributed by atoms with E-state index in [0.29, 0.717) is 11.3 Å². The third kappa shape index (κ3) is 2.19. The summed E-state index contributed by atoms with van der Waals surface area (Å²) in [4.78, 5) is 25.6. The van der Waals surface area contributed by atoms with Crippen LogP contribution < -0.4 is 4.74 Å². The third-order valence-corrected chi connectivity index (χ3v) is 2.84. The molecule has 0 saturated carbocycles. The van der Waals surface area contributed by atoms with Crippen LogP contribution in [0.5, 0.6) is 5.75 Å². The van der Waals surface area contributed by atoms with Gasteiger partial charge >= 0.3 is 5.97 Å². The Balaban J connectivity index is 2.55. The number of benzene rings is 1. The molecule has 1 aliphatic heterocycles. The zero-order valence-corrected chi connectivity index (χ0v) is 11.3. The van der Waals surface area contributed by atoms with E-state index in [-0.39, 0.29) is 17.2 Å². The van der Waals surface area contributed by atoms with Gasteiger partial charge in [-0.25, -0.2) is 4.79 Å². The average molecular weight is 261 g/mol. The van der Waals surface area contributed by atoms with Crippen molar-refractivity contribution in [2.75, 3.05) is 21.2 Å². The van der Waals surface area contributed by atoms with Gasteiger partial charge in [0.2, 0.25) is 11.5 Å². The predicted molar refractivity (Wildman–Crippen MR) is 68.9 cm³/mol. The summed E-state index contributed by atoms with van der Waals surface area (Å²) in [5, 5.41) is 0. The molecule has 1 aliphatic rings. The van der Waals surface area contributed by atoms with Crippen LogP contribution in [0.25, 0.3) is 0 Å². The summed E-state index contributed by atoms with van der Waals surface area (Å²) in [6, 6.07) is 5.32. The molecule has 0 aliphatic carbocycles. The number of ether oxygens (including phenoxy) is 2. The monoisotopic (exact) mass is 261 g/mol. The van der Waals surface area contributed by atoms with Crippen molar-refractivity contribution in [1.29, 1.82) is 0 Å². The van der Waals surface area contributed by atoms with Crippen molar-refractivity contribution < 1.29 is 19.1 Å². The third-order valence-electron chi connectivity index (χ3n) is 2.84. The van der Waals surface area contributed by atoms with E-state index in [1.807, 2.05) is 13.0 Å². The Morgan fingerprint density at radius 1 is 1.32 bits per heavy atom. The minimum absolute atomic E-state index is 0.0115. The average Bonchev–Trinajstić information content (AvgIpc) is 2.67. The Morgan fingerprint density at radius 3 is 2.58 bits per heavy atom. The Morgan fingerprint density at radius 2 is 2.00 bits per heavy atom. The van der Waals surface area contributed by atoms with Crippen molar-refractivity contribution in [2.45, 2.75) is 6.92 Å². The van der Waals surface area contributed by atoms with Crippen LogP contribution in [0, 0.1) is 6.92 Å². The molecule has 5 heteroatoms. The number of likely N-dealkylation sites (N-methyl/N-ethyl adjacent to an activating group) is 1. The fourth-order valence-electron chi connectivity index (χ4n) is 1.92. The van der Waals surface area contributed by atoms with Crippen LogP contribution in [-0.2, 0) is 9.53 Å². The molecule has 0 bridgehead atoms. The summed E-state index contributed by atoms with van der Waals surface area (Å²) in [5.74, 6) is -0.419. The minimum Gasteiger partial charge on any atom is -0.464 e. The Bertz CT molecular complexity index is 587. The van der Waals surface area contributed by atoms with E-state index in [2.05, 4.69) is 4.74 Å². The number of aryl methyl sites for hydroxylation is 1. The van der Waals surface area contributed by atoms with Crippen LogP contribution in [0.3, 0.4) is 0 Å². The molecule has 0 radical (unpaired) electrons. The molecule has 19 heavy (non-hydrogen) atoms. The first-order chi connectivity index (χ1) is 8.95. The molecule has 0 aromatic heterocycles. The second-order valence-corrected chi connectivity index (χ2v) is 4.49. The molecule has 1 aromatic rings. The summed E-state index contributed by atoms with van der Waals surface area (Å²) in [6.07, 6.45) is 0. The van der Waals surface area contributed by atoms with E-state index in [9.17, 15) is 9.59 Å². The van der Waals surface area contributed by atoms with Gasteiger partial charge in [-0.05, 0) is 19.1 Å². The summed E-state index contributed by atoms with van der Waals surface area (Å²) >= 11 is 0. The highest BCUT2D eigenvalue weighted by atomic mass is 16.5. The lowest BCUT2D eigenvalue weighted by Gasteiger charge is -2.16. The SMILES string of the molecule is COC(=O)/C(=C1/Oc2ccc(C)cc2C1=O)N(C)C. The number of ketones is 1. The van der Waals surface area contributed by atoms with Crippen LogP contribution in [0.2, 0.25) is 0 Å². The molecular weight excluding hydrogens is 246 g/mol. The van der Waals surface area contributed by atoms with Gasteiger partial charge in [0.25, 0.3) is 0 Å². The zero-order valence-electron chi connectivity index (χ0n) is 11.3. The highest BCUT2D eigenvalue weighted by molar-refractivity contribution is 6.15. The van der Waals surface area contributed by atoms with Gasteiger partial charge in [-0.15, -0.1) is 0 Å². The quantitative estimate of drug-likeness (QED) is 0.596. The molecule has 0 amide bonds. The van der Waals surface area contributed by atoms with E-state index in [1.165, 1.54) is 12.0 Å². The number of Topliss-reactive ketones (excluding diaryl/α,β-unsaturated/α-hetero) is 1. The van der Waals surface area contributed by atoms with Gasteiger partial charge in [-0.1, -0.05) is 11.6 Å². The number of esters is 1. The molecule has 0 fully saturated rings. The number of rotatable bonds is 2. The molecule has 1 heterocycles. The highest BCUT2D eigenvalue weighted by Crippen LogP contribution is 2.33. The zero-order chi connectivity index (χ0) is 14.2. The van der Waals surface area contributed by atoms with E-state index >= 15 is 0 Å². The molecule has 0 spiro atoms. The van der Waals surface area contributed by atoms with Crippen molar-refractivity contribution in [1.82, 2.24) is 4.90 Å². The topological polar surface area (TPSA) is 55.8 Å². The Labute approximate surface area is 111 Å². The van der Waals surface area contributed by atoms with E-state index in [1.54, 1.807) is 26.2 Å². The van der Waals surface area contributed by atoms with Gasteiger partial charge < -0.3 is 14.4 Å². The van der Waals surface area contributed by atoms with Gasteiger partial charge in [0.15, 0.2) is 5.70 Å². The molecule has 0 saturated heterocycles. The number of hydrogen-bond acceptors (Lipinski definition) is 5. The van der Waals surface area contributed by atoms with Gasteiger partial charge in [-0.3, -0.25) is 4.79 Å². The first-order valence-corrected chi connectivity index (χ1v) is 5.78. The number of methoxy groups -OCH3 is 1. The number of hydrogen-bond donors (Lipinski definition) is 0. The molecule has 5 nitrogen and oxygen atoms in total. The molecule has 100 valence electrons. The van der Waals surface area contributed by atoms with Crippen LogP contribution in [0.1, 0.15) is 15.9 Å². The van der Waals surface area contributed by atoms with Crippen molar-refractivity contribution in [2.24, 2.45) is 0 Å². The number of carbonyl (C=O) groups is 2. The van der Waals surface area contributed by atoms with Gasteiger partial charge in [0, 0.05) is 14.1 Å². The van der Waals surface area contributed by atoms with Gasteiger partial charge in [-0.2, -0.15) is 0 Å². The first kappa shape index (κ1) is 13.1. The van der Waals surface area contributed by atoms with E-state index < -0.39 is 5.97 Å². The number of fused-ring (bicyclic) bond motifs is 1. The lowest BCUT2D eigenvalue weighted by atomic mass is 10.1. The van der Waals surface area contributed by atoms with E-state index in [0.717, 1.165) is 5.56 Å². The molecule has 2 rings (SSSR count). The maximum atomic E-state index is 12.3. The fraction of sp³-hybridized carbons (Fsp3) is 0.286. The Hall–Kier alpha value is -2.30. The normalized spacial score (nSPS) is 15.7. The fourth-order valence-corrected chi connectivity index (χ4v) is 1.92. The minimum atomic E-state index is -0.599. The van der Waals surface area contributed by atoms with Gasteiger partial charge in [0.1, 0.15) is 5.75 Å². The molecule has 1 aromatic carbocycles. The summed E-state index contributed by atoms with van der Waals surface area (Å²) < 4.78 is 10.2. The smallest absolute Gasteiger partial charge is 0.358 e. The molecular formula is C14H15NO4. The second kappa shape index (κ2) is 4.76. The number of carbonyl (C=O) groups excluding carboxylic acids is 2. The van der Waals surface area contributed by atoms with Crippen molar-refractivity contribution in [3.05, 3.63) is 40.8 Å². The molecule has 0 unspecified atom stereocenters. The van der Waals surface area contributed by atoms with Crippen LogP contribution in [0.15, 0.2) is 29.7 Å². The van der Waals surface area contributed by atoms with Crippen LogP contribution in [0.4, 0.5) is 0 Å². The van der Waals surface area contributed by atoms with Crippen molar-refractivity contribution in [3.63, 3.8) is 0 Å². The largest absolute Gasteiger partial charge is 0.464 e. The first-order valence-electron chi connectivity index (χ1n) is 5.78. The maximum Gasteiger partial charge on any atom is 0.358 e. The highest BCUT2D eigenvalue weighted by Gasteiger charge is 2.34. The lowest BCUT2D eigenvalue weighted by molar-refractivity contribution is -0.137. The molecule has 0 N–H and O–H groups in total. The van der Waals surface area contributed by atoms with Crippen LogP contribution in [-0.4, -0.2) is 37.9 Å². The van der Waals surface area contributed by atoms with Crippen LogP contribution >= 0.6 is 0 Å². The lowest BCUT2D eigenvalue weighted by Crippen LogP contribution is -2.25. The Kier molecular flexibility index (Phi) is 3.29. The van der Waals surface area contributed by atoms with Crippen molar-refractivity contribution >= 4 is 11.8 Å². The second-order valence-electron chi connectivity index (χ2n) is 4.49. The summed E-state index contributed by atoms with van der Waals surface area (Å²) in [6.45, 7) is 1.89. The van der Waals surface area contributed by atoms with Crippen molar-refractivity contribution in [3.8, 4) is 5.75 Å². The van der Waals surface area contributed by atoms with Gasteiger partial charge in [0.05, 0.1) is 12.7 Å². The number of allylic oxidation sites excluding steroid dienone is 1. The predicted octanol–water partition coefficient (Wildman–Crippen LogP) is 1.52. The standard InChI is InChI=1S/C14H15NO4/c1-8-5-6-10-9(7-8)12(16)13(19-10)11(15(2)3)14(17)18-4/h5-7H,1-4H3/b13-11-. The summed E-state index contributed by atoms with van der Waals surface area (Å²) in [7, 11) is 4.58. The number of nitrogens with zero attached hydrogens (tertiary/aromatic N) is 1. The molecule has 0 atom stereocenters. The van der Waals surface area contributed by atoms with E-state index in [4.69, 9.17) is 4.74 Å².